The Morgan fingerprint density at radius 1 is 1.33 bits per heavy atom. The summed E-state index contributed by atoms with van der Waals surface area (Å²) in [5.41, 5.74) is 15.2. The summed E-state index contributed by atoms with van der Waals surface area (Å²) >= 11 is 1.26. The van der Waals surface area contributed by atoms with Crippen LogP contribution in [0.1, 0.15) is 45.3 Å². The van der Waals surface area contributed by atoms with Gasteiger partial charge in [0.2, 0.25) is 0 Å². The highest BCUT2D eigenvalue weighted by Gasteiger charge is 2.48. The van der Waals surface area contributed by atoms with Crippen molar-refractivity contribution in [3.8, 4) is 0 Å². The van der Waals surface area contributed by atoms with Crippen molar-refractivity contribution in [2.45, 2.75) is 51.6 Å². The van der Waals surface area contributed by atoms with Gasteiger partial charge in [-0.3, -0.25) is 4.79 Å². The van der Waals surface area contributed by atoms with Gasteiger partial charge in [0.15, 0.2) is 0 Å². The molecule has 1 amide bonds. The molecule has 5 N–H and O–H groups in total. The van der Waals surface area contributed by atoms with E-state index in [2.05, 4.69) is 20.2 Å². The first kappa shape index (κ1) is 23.5. The van der Waals surface area contributed by atoms with Crippen LogP contribution < -0.4 is 21.7 Å². The Hall–Kier alpha value is -2.89. The molecule has 3 unspecified atom stereocenters. The van der Waals surface area contributed by atoms with E-state index in [1.165, 1.54) is 17.4 Å². The molecule has 3 aromatic heterocycles. The van der Waals surface area contributed by atoms with Gasteiger partial charge in [-0.15, -0.1) is 11.3 Å². The molecule has 0 aromatic carbocycles. The standard InChI is InChI=1S/C25H30FN7O2S/c1-12-20-21(28)22(36-24(20)30-13(2)29-12)23(34)31-14-3-4-17-15(7-14)16(26)8-19(32-17)33-9-18(27)25(10-33)5-6-35-11-25/h8,14,18H,3-7,9-11,27-28H2,1-2H3,(H,31,34). The molecule has 0 radical (unpaired) electrons. The number of nitrogens with two attached hydrogens (primary N) is 2. The van der Waals surface area contributed by atoms with E-state index in [0.717, 1.165) is 36.3 Å². The second-order valence-corrected chi connectivity index (χ2v) is 11.3. The summed E-state index contributed by atoms with van der Waals surface area (Å²) < 4.78 is 20.9. The lowest BCUT2D eigenvalue weighted by molar-refractivity contribution is 0.0938. The zero-order valence-electron chi connectivity index (χ0n) is 20.4. The Morgan fingerprint density at radius 2 is 2.17 bits per heavy atom. The predicted octanol–water partition coefficient (Wildman–Crippen LogP) is 2.27. The second kappa shape index (κ2) is 8.60. The molecule has 3 atom stereocenters. The van der Waals surface area contributed by atoms with Crippen LogP contribution in [0, 0.1) is 25.1 Å². The van der Waals surface area contributed by atoms with Crippen LogP contribution in [-0.2, 0) is 17.6 Å². The lowest BCUT2D eigenvalue weighted by Gasteiger charge is -2.28. The van der Waals surface area contributed by atoms with Crippen LogP contribution in [0.3, 0.4) is 0 Å². The third kappa shape index (κ3) is 3.80. The van der Waals surface area contributed by atoms with Crippen LogP contribution in [-0.4, -0.2) is 59.2 Å². The Bertz CT molecular complexity index is 1370. The first-order valence-corrected chi connectivity index (χ1v) is 13.2. The fourth-order valence-corrected chi connectivity index (χ4v) is 7.00. The van der Waals surface area contributed by atoms with Crippen molar-refractivity contribution in [2.75, 3.05) is 36.9 Å². The number of aromatic nitrogens is 3. The molecule has 1 spiro atoms. The number of anilines is 2. The van der Waals surface area contributed by atoms with Gasteiger partial charge in [0, 0.05) is 54.5 Å². The van der Waals surface area contributed by atoms with Crippen LogP contribution in [0.4, 0.5) is 15.9 Å². The maximum atomic E-state index is 15.3. The zero-order valence-corrected chi connectivity index (χ0v) is 21.3. The first-order chi connectivity index (χ1) is 17.2. The average Bonchev–Trinajstić information content (AvgIpc) is 3.52. The minimum absolute atomic E-state index is 0.0134. The Labute approximate surface area is 212 Å². The smallest absolute Gasteiger partial charge is 0.263 e. The van der Waals surface area contributed by atoms with Crippen molar-refractivity contribution >= 4 is 39.0 Å². The van der Waals surface area contributed by atoms with Crippen LogP contribution in [0.15, 0.2) is 6.07 Å². The van der Waals surface area contributed by atoms with Crippen LogP contribution in [0.5, 0.6) is 0 Å². The second-order valence-electron chi connectivity index (χ2n) is 10.3. The Morgan fingerprint density at radius 3 is 2.94 bits per heavy atom. The number of halogens is 1. The van der Waals surface area contributed by atoms with Crippen LogP contribution >= 0.6 is 11.3 Å². The molecule has 3 aliphatic rings. The monoisotopic (exact) mass is 511 g/mol. The number of aryl methyl sites for hydroxylation is 3. The van der Waals surface area contributed by atoms with E-state index < -0.39 is 0 Å². The molecule has 9 nitrogen and oxygen atoms in total. The van der Waals surface area contributed by atoms with E-state index in [9.17, 15) is 4.79 Å². The number of carbonyl (C=O) groups is 1. The number of nitrogens with one attached hydrogen (secondary N) is 1. The molecule has 2 aliphatic heterocycles. The minimum Gasteiger partial charge on any atom is -0.397 e. The molecule has 5 heterocycles. The van der Waals surface area contributed by atoms with Gasteiger partial charge in [-0.2, -0.15) is 0 Å². The van der Waals surface area contributed by atoms with Gasteiger partial charge in [0.25, 0.3) is 5.91 Å². The van der Waals surface area contributed by atoms with Crippen molar-refractivity contribution in [3.05, 3.63) is 39.5 Å². The predicted molar refractivity (Wildman–Crippen MR) is 137 cm³/mol. The normalized spacial score (nSPS) is 25.6. The summed E-state index contributed by atoms with van der Waals surface area (Å²) in [6, 6.07) is 1.29. The third-order valence-electron chi connectivity index (χ3n) is 7.91. The van der Waals surface area contributed by atoms with Crippen molar-refractivity contribution in [3.63, 3.8) is 0 Å². The SMILES string of the molecule is Cc1nc(C)c2c(N)c(C(=O)NC3CCc4nc(N5CC(N)C6(CCOC6)C5)cc(F)c4C3)sc2n1. The minimum atomic E-state index is -0.283. The van der Waals surface area contributed by atoms with E-state index in [1.54, 1.807) is 0 Å². The number of nitrogen functional groups attached to an aromatic ring is 1. The van der Waals surface area contributed by atoms with E-state index in [1.807, 2.05) is 13.8 Å². The summed E-state index contributed by atoms with van der Waals surface area (Å²) in [7, 11) is 0. The van der Waals surface area contributed by atoms with Crippen molar-refractivity contribution in [1.29, 1.82) is 0 Å². The molecule has 11 heteroatoms. The molecule has 190 valence electrons. The van der Waals surface area contributed by atoms with Gasteiger partial charge >= 0.3 is 0 Å². The number of fused-ring (bicyclic) bond motifs is 2. The molecule has 2 saturated heterocycles. The van der Waals surface area contributed by atoms with E-state index >= 15 is 4.39 Å². The third-order valence-corrected chi connectivity index (χ3v) is 9.01. The summed E-state index contributed by atoms with van der Waals surface area (Å²) in [5.74, 6) is 0.731. The molecule has 0 saturated carbocycles. The zero-order chi connectivity index (χ0) is 25.2. The highest BCUT2D eigenvalue weighted by Crippen LogP contribution is 2.40. The van der Waals surface area contributed by atoms with Crippen molar-refractivity contribution < 1.29 is 13.9 Å². The average molecular weight is 512 g/mol. The summed E-state index contributed by atoms with van der Waals surface area (Å²) in [4.78, 5) is 29.9. The topological polar surface area (TPSA) is 132 Å². The highest BCUT2D eigenvalue weighted by atomic mass is 32.1. The van der Waals surface area contributed by atoms with Gasteiger partial charge in [-0.25, -0.2) is 19.3 Å². The lowest BCUT2D eigenvalue weighted by Crippen LogP contribution is -2.40. The summed E-state index contributed by atoms with van der Waals surface area (Å²) in [5, 5.41) is 3.78. The molecule has 2 fully saturated rings. The molecular weight excluding hydrogens is 481 g/mol. The maximum absolute atomic E-state index is 15.3. The Kier molecular flexibility index (Phi) is 5.62. The number of hydrogen-bond donors (Lipinski definition) is 3. The number of ether oxygens (including phenoxy) is 1. The quantitative estimate of drug-likeness (QED) is 0.488. The molecule has 36 heavy (non-hydrogen) atoms. The summed E-state index contributed by atoms with van der Waals surface area (Å²) in [6.07, 6.45) is 2.58. The van der Waals surface area contributed by atoms with Crippen LogP contribution in [0.25, 0.3) is 10.2 Å². The van der Waals surface area contributed by atoms with Gasteiger partial charge in [-0.1, -0.05) is 0 Å². The number of hydrogen-bond acceptors (Lipinski definition) is 9. The van der Waals surface area contributed by atoms with Crippen molar-refractivity contribution in [1.82, 2.24) is 20.3 Å². The van der Waals surface area contributed by atoms with E-state index in [4.69, 9.17) is 21.2 Å². The fourth-order valence-electron chi connectivity index (χ4n) is 5.90. The first-order valence-electron chi connectivity index (χ1n) is 12.3. The number of amides is 1. The van der Waals surface area contributed by atoms with Crippen LogP contribution in [0.2, 0.25) is 0 Å². The van der Waals surface area contributed by atoms with Crippen molar-refractivity contribution in [2.24, 2.45) is 11.1 Å². The Balaban J connectivity index is 1.19. The highest BCUT2D eigenvalue weighted by molar-refractivity contribution is 7.21. The largest absolute Gasteiger partial charge is 0.397 e. The lowest BCUT2D eigenvalue weighted by atomic mass is 9.83. The van der Waals surface area contributed by atoms with Gasteiger partial charge in [0.05, 0.1) is 23.4 Å². The number of rotatable bonds is 3. The number of pyridine rings is 1. The number of thiophene rings is 1. The fraction of sp³-hybridized carbons (Fsp3) is 0.520. The molecule has 1 aliphatic carbocycles. The number of nitrogens with zero attached hydrogens (tertiary/aromatic N) is 4. The molecular formula is C25H30FN7O2S. The molecule has 0 bridgehead atoms. The molecule has 6 rings (SSSR count). The van der Waals surface area contributed by atoms with Gasteiger partial charge < -0.3 is 26.4 Å². The van der Waals surface area contributed by atoms with Gasteiger partial charge in [0.1, 0.15) is 27.2 Å². The summed E-state index contributed by atoms with van der Waals surface area (Å²) in [6.45, 7) is 6.43. The van der Waals surface area contributed by atoms with Gasteiger partial charge in [-0.05, 0) is 39.5 Å². The maximum Gasteiger partial charge on any atom is 0.263 e. The molecule has 3 aromatic rings. The van der Waals surface area contributed by atoms with E-state index in [0.29, 0.717) is 65.0 Å². The van der Waals surface area contributed by atoms with E-state index in [-0.39, 0.29) is 29.2 Å². The number of carbonyl (C=O) groups excluding carboxylic acids is 1.